The fraction of sp³-hybridized carbons (Fsp3) is 0.167. The summed E-state index contributed by atoms with van der Waals surface area (Å²) in [5.74, 6) is -0.451. The van der Waals surface area contributed by atoms with E-state index in [1.807, 2.05) is 6.92 Å². The van der Waals surface area contributed by atoms with Crippen molar-refractivity contribution >= 4 is 40.5 Å². The third kappa shape index (κ3) is 2.67. The summed E-state index contributed by atoms with van der Waals surface area (Å²) in [4.78, 5) is 12.1. The lowest BCUT2D eigenvalue weighted by atomic mass is 10.2. The lowest BCUT2D eigenvalue weighted by Crippen LogP contribution is -2.15. The number of rotatable bonds is 2. The molecule has 2 rings (SSSR count). The van der Waals surface area contributed by atoms with Crippen LogP contribution in [0.4, 0.5) is 11.4 Å². The van der Waals surface area contributed by atoms with E-state index in [-0.39, 0.29) is 5.69 Å². The minimum atomic E-state index is -0.451. The van der Waals surface area contributed by atoms with Crippen molar-refractivity contribution in [1.29, 1.82) is 0 Å². The zero-order valence-electron chi connectivity index (χ0n) is 10.4. The number of anilines is 2. The largest absolute Gasteiger partial charge is 0.396 e. The monoisotopic (exact) mass is 298 g/mol. The molecule has 0 atom stereocenters. The van der Waals surface area contributed by atoms with Crippen LogP contribution in [0.3, 0.4) is 0 Å². The highest BCUT2D eigenvalue weighted by atomic mass is 35.5. The summed E-state index contributed by atoms with van der Waals surface area (Å²) in [6.45, 7) is 1.82. The number of halogens is 2. The number of nitrogens with one attached hydrogen (secondary N) is 1. The van der Waals surface area contributed by atoms with Crippen LogP contribution >= 0.6 is 23.2 Å². The number of aromatic nitrogens is 2. The Bertz CT molecular complexity index is 651. The number of hydrogen-bond acceptors (Lipinski definition) is 3. The van der Waals surface area contributed by atoms with E-state index in [0.717, 1.165) is 5.56 Å². The normalized spacial score (nSPS) is 10.5. The molecule has 1 amide bonds. The number of nitrogens with two attached hydrogens (primary N) is 1. The van der Waals surface area contributed by atoms with Crippen molar-refractivity contribution in [2.45, 2.75) is 6.92 Å². The minimum absolute atomic E-state index is 0.135. The fourth-order valence-electron chi connectivity index (χ4n) is 1.63. The summed E-state index contributed by atoms with van der Waals surface area (Å²) in [5.41, 5.74) is 7.29. The van der Waals surface area contributed by atoms with E-state index in [9.17, 15) is 4.79 Å². The van der Waals surface area contributed by atoms with E-state index in [4.69, 9.17) is 28.9 Å². The zero-order chi connectivity index (χ0) is 14.2. The van der Waals surface area contributed by atoms with E-state index in [1.165, 1.54) is 4.68 Å². The van der Waals surface area contributed by atoms with Gasteiger partial charge in [0, 0.05) is 13.2 Å². The van der Waals surface area contributed by atoms with Crippen LogP contribution in [0.5, 0.6) is 0 Å². The first-order chi connectivity index (χ1) is 8.90. The highest BCUT2D eigenvalue weighted by molar-refractivity contribution is 6.40. The van der Waals surface area contributed by atoms with E-state index in [2.05, 4.69) is 10.4 Å². The van der Waals surface area contributed by atoms with Gasteiger partial charge >= 0.3 is 0 Å². The van der Waals surface area contributed by atoms with Crippen LogP contribution in [0.1, 0.15) is 16.1 Å². The molecule has 2 aromatic rings. The SMILES string of the molecule is Cc1ccc(Cl)c(NC(=O)c2nn(C)cc2N)c1Cl. The van der Waals surface area contributed by atoms with E-state index >= 15 is 0 Å². The summed E-state index contributed by atoms with van der Waals surface area (Å²) in [5, 5.41) is 7.37. The van der Waals surface area contributed by atoms with Gasteiger partial charge < -0.3 is 11.1 Å². The van der Waals surface area contributed by atoms with Crippen molar-refractivity contribution < 1.29 is 4.79 Å². The van der Waals surface area contributed by atoms with Crippen LogP contribution in [0.2, 0.25) is 10.0 Å². The van der Waals surface area contributed by atoms with Crippen molar-refractivity contribution in [2.75, 3.05) is 11.1 Å². The van der Waals surface area contributed by atoms with Crippen molar-refractivity contribution in [2.24, 2.45) is 7.05 Å². The topological polar surface area (TPSA) is 72.9 Å². The molecule has 0 saturated carbocycles. The Labute approximate surface area is 120 Å². The first-order valence-corrected chi connectivity index (χ1v) is 6.21. The highest BCUT2D eigenvalue weighted by Gasteiger charge is 2.17. The molecule has 0 unspecified atom stereocenters. The summed E-state index contributed by atoms with van der Waals surface area (Å²) < 4.78 is 1.46. The summed E-state index contributed by atoms with van der Waals surface area (Å²) in [6.07, 6.45) is 1.55. The molecule has 1 aromatic heterocycles. The van der Waals surface area contributed by atoms with Crippen molar-refractivity contribution in [1.82, 2.24) is 9.78 Å². The number of carbonyl (C=O) groups is 1. The van der Waals surface area contributed by atoms with Gasteiger partial charge in [-0.15, -0.1) is 0 Å². The smallest absolute Gasteiger partial charge is 0.278 e. The van der Waals surface area contributed by atoms with E-state index in [0.29, 0.717) is 21.4 Å². The number of nitrogen functional groups attached to an aromatic ring is 1. The molecule has 0 radical (unpaired) electrons. The number of nitrogens with zero attached hydrogens (tertiary/aromatic N) is 2. The number of hydrogen-bond donors (Lipinski definition) is 2. The molecule has 100 valence electrons. The van der Waals surface area contributed by atoms with Gasteiger partial charge in [-0.05, 0) is 18.6 Å². The molecule has 0 aliphatic heterocycles. The van der Waals surface area contributed by atoms with Gasteiger partial charge in [-0.1, -0.05) is 29.3 Å². The van der Waals surface area contributed by atoms with E-state index < -0.39 is 5.91 Å². The number of amides is 1. The van der Waals surface area contributed by atoms with Crippen LogP contribution < -0.4 is 11.1 Å². The molecule has 0 bridgehead atoms. The quantitative estimate of drug-likeness (QED) is 0.895. The van der Waals surface area contributed by atoms with Crippen LogP contribution in [-0.4, -0.2) is 15.7 Å². The van der Waals surface area contributed by atoms with Gasteiger partial charge in [-0.2, -0.15) is 5.10 Å². The molecule has 0 saturated heterocycles. The summed E-state index contributed by atoms with van der Waals surface area (Å²) in [6, 6.07) is 3.44. The zero-order valence-corrected chi connectivity index (χ0v) is 11.9. The van der Waals surface area contributed by atoms with Crippen molar-refractivity contribution in [3.05, 3.63) is 39.6 Å². The Morgan fingerprint density at radius 3 is 2.68 bits per heavy atom. The molecule has 3 N–H and O–H groups in total. The van der Waals surface area contributed by atoms with Crippen LogP contribution in [0.15, 0.2) is 18.3 Å². The molecule has 1 aromatic carbocycles. The highest BCUT2D eigenvalue weighted by Crippen LogP contribution is 2.33. The second kappa shape index (κ2) is 5.11. The van der Waals surface area contributed by atoms with Gasteiger partial charge in [-0.25, -0.2) is 0 Å². The maximum Gasteiger partial charge on any atom is 0.278 e. The third-order valence-electron chi connectivity index (χ3n) is 2.59. The first kappa shape index (κ1) is 13.7. The van der Waals surface area contributed by atoms with Crippen LogP contribution in [0.25, 0.3) is 0 Å². The molecule has 0 aliphatic carbocycles. The average molecular weight is 299 g/mol. The Morgan fingerprint density at radius 2 is 2.11 bits per heavy atom. The van der Waals surface area contributed by atoms with Crippen LogP contribution in [-0.2, 0) is 7.05 Å². The standard InChI is InChI=1S/C12H12Cl2N4O/c1-6-3-4-7(13)10(9(6)14)16-12(19)11-8(15)5-18(2)17-11/h3-5H,15H2,1-2H3,(H,16,19). The van der Waals surface area contributed by atoms with Gasteiger partial charge in [0.2, 0.25) is 0 Å². The van der Waals surface area contributed by atoms with Gasteiger partial charge in [0.25, 0.3) is 5.91 Å². The maximum absolute atomic E-state index is 12.1. The van der Waals surface area contributed by atoms with Crippen molar-refractivity contribution in [3.8, 4) is 0 Å². The predicted molar refractivity (Wildman–Crippen MR) is 76.8 cm³/mol. The predicted octanol–water partition coefficient (Wildman–Crippen LogP) is 2.87. The Morgan fingerprint density at radius 1 is 1.42 bits per heavy atom. The number of carbonyl (C=O) groups excluding carboxylic acids is 1. The molecular formula is C12H12Cl2N4O. The van der Waals surface area contributed by atoms with Gasteiger partial charge in [0.1, 0.15) is 0 Å². The molecule has 1 heterocycles. The van der Waals surface area contributed by atoms with Gasteiger partial charge in [-0.3, -0.25) is 9.48 Å². The second-order valence-corrected chi connectivity index (χ2v) is 4.90. The summed E-state index contributed by atoms with van der Waals surface area (Å²) in [7, 11) is 1.68. The lowest BCUT2D eigenvalue weighted by Gasteiger charge is -2.10. The molecule has 5 nitrogen and oxygen atoms in total. The summed E-state index contributed by atoms with van der Waals surface area (Å²) >= 11 is 12.1. The molecule has 0 fully saturated rings. The molecule has 0 spiro atoms. The number of aryl methyl sites for hydroxylation is 2. The molecule has 19 heavy (non-hydrogen) atoms. The van der Waals surface area contributed by atoms with Crippen molar-refractivity contribution in [3.63, 3.8) is 0 Å². The lowest BCUT2D eigenvalue weighted by molar-refractivity contribution is 0.102. The first-order valence-electron chi connectivity index (χ1n) is 5.45. The Balaban J connectivity index is 2.34. The Kier molecular flexibility index (Phi) is 3.68. The number of benzene rings is 1. The molecule has 0 aliphatic rings. The van der Waals surface area contributed by atoms with Gasteiger partial charge in [0.15, 0.2) is 5.69 Å². The molecular weight excluding hydrogens is 287 g/mol. The van der Waals surface area contributed by atoms with Gasteiger partial charge in [0.05, 0.1) is 21.4 Å². The maximum atomic E-state index is 12.1. The molecule has 7 heteroatoms. The fourth-order valence-corrected chi connectivity index (χ4v) is 2.09. The second-order valence-electron chi connectivity index (χ2n) is 4.11. The third-order valence-corrected chi connectivity index (χ3v) is 3.40. The average Bonchev–Trinajstić information content (AvgIpc) is 2.69. The van der Waals surface area contributed by atoms with E-state index in [1.54, 1.807) is 25.4 Å². The Hall–Kier alpha value is -1.72. The minimum Gasteiger partial charge on any atom is -0.396 e. The van der Waals surface area contributed by atoms with Crippen LogP contribution in [0, 0.1) is 6.92 Å².